The molecule has 1 aromatic carbocycles. The number of methoxy groups -OCH3 is 1. The van der Waals surface area contributed by atoms with Crippen LogP contribution in [0.15, 0.2) is 18.2 Å². The van der Waals surface area contributed by atoms with E-state index in [9.17, 15) is 14.9 Å². The Morgan fingerprint density at radius 1 is 1.59 bits per heavy atom. The van der Waals surface area contributed by atoms with Gasteiger partial charge < -0.3 is 9.84 Å². The predicted molar refractivity (Wildman–Crippen MR) is 58.1 cm³/mol. The van der Waals surface area contributed by atoms with Gasteiger partial charge >= 0.3 is 5.97 Å². The summed E-state index contributed by atoms with van der Waals surface area (Å²) in [7, 11) is 1.43. The second-order valence-electron chi connectivity index (χ2n) is 3.97. The zero-order chi connectivity index (χ0) is 12.6. The number of benzene rings is 1. The predicted octanol–water partition coefficient (Wildman–Crippen LogP) is 1.79. The number of rotatable bonds is 4. The van der Waals surface area contributed by atoms with Crippen molar-refractivity contribution in [1.82, 2.24) is 0 Å². The first-order chi connectivity index (χ1) is 8.04. The number of nitro groups is 1. The van der Waals surface area contributed by atoms with Crippen LogP contribution >= 0.6 is 0 Å². The van der Waals surface area contributed by atoms with Gasteiger partial charge in [0.15, 0.2) is 0 Å². The van der Waals surface area contributed by atoms with Crippen molar-refractivity contribution in [2.75, 3.05) is 7.11 Å². The molecule has 2 rings (SSSR count). The third-order valence-electron chi connectivity index (χ3n) is 2.94. The number of carboxylic acids is 1. The van der Waals surface area contributed by atoms with Crippen LogP contribution < -0.4 is 4.74 Å². The average Bonchev–Trinajstić information content (AvgIpc) is 3.08. The smallest absolute Gasteiger partial charge is 0.307 e. The lowest BCUT2D eigenvalue weighted by molar-refractivity contribution is -0.385. The highest BCUT2D eigenvalue weighted by Crippen LogP contribution is 2.50. The van der Waals surface area contributed by atoms with Crippen molar-refractivity contribution in [3.05, 3.63) is 33.9 Å². The highest BCUT2D eigenvalue weighted by Gasteiger charge is 2.47. The first-order valence-corrected chi connectivity index (χ1v) is 5.09. The number of ether oxygens (including phenoxy) is 1. The number of hydrogen-bond donors (Lipinski definition) is 1. The van der Waals surface area contributed by atoms with Gasteiger partial charge in [-0.15, -0.1) is 0 Å². The number of hydrogen-bond acceptors (Lipinski definition) is 4. The van der Waals surface area contributed by atoms with Crippen LogP contribution in [0.2, 0.25) is 0 Å². The van der Waals surface area contributed by atoms with Gasteiger partial charge in [-0.25, -0.2) is 0 Å². The number of nitrogens with zero attached hydrogens (tertiary/aromatic N) is 1. The van der Waals surface area contributed by atoms with Crippen molar-refractivity contribution in [3.8, 4) is 5.75 Å². The second-order valence-corrected chi connectivity index (χ2v) is 3.97. The molecule has 1 aliphatic rings. The lowest BCUT2D eigenvalue weighted by Gasteiger charge is -2.04. The van der Waals surface area contributed by atoms with Crippen molar-refractivity contribution in [2.24, 2.45) is 5.92 Å². The van der Waals surface area contributed by atoms with Crippen LogP contribution in [0.4, 0.5) is 5.69 Å². The Bertz CT molecular complexity index is 485. The first kappa shape index (κ1) is 11.4. The monoisotopic (exact) mass is 237 g/mol. The molecule has 1 saturated carbocycles. The molecule has 0 radical (unpaired) electrons. The van der Waals surface area contributed by atoms with Gasteiger partial charge in [-0.1, -0.05) is 0 Å². The van der Waals surface area contributed by atoms with Gasteiger partial charge in [0, 0.05) is 11.5 Å². The first-order valence-electron chi connectivity index (χ1n) is 5.09. The third kappa shape index (κ3) is 2.06. The molecule has 0 aromatic heterocycles. The van der Waals surface area contributed by atoms with E-state index in [1.54, 1.807) is 12.1 Å². The van der Waals surface area contributed by atoms with Crippen LogP contribution in [0.25, 0.3) is 0 Å². The zero-order valence-electron chi connectivity index (χ0n) is 9.12. The number of nitro benzene ring substituents is 1. The van der Waals surface area contributed by atoms with E-state index in [1.165, 1.54) is 13.2 Å². The molecule has 1 aromatic rings. The van der Waals surface area contributed by atoms with Gasteiger partial charge in [0.2, 0.25) is 0 Å². The molecule has 0 heterocycles. The maximum Gasteiger partial charge on any atom is 0.307 e. The number of aliphatic carboxylic acids is 1. The fraction of sp³-hybridized carbons (Fsp3) is 0.364. The summed E-state index contributed by atoms with van der Waals surface area (Å²) >= 11 is 0. The van der Waals surface area contributed by atoms with Gasteiger partial charge in [0.05, 0.1) is 24.0 Å². The van der Waals surface area contributed by atoms with Crippen molar-refractivity contribution in [3.63, 3.8) is 0 Å². The Morgan fingerprint density at radius 2 is 2.29 bits per heavy atom. The fourth-order valence-electron chi connectivity index (χ4n) is 1.93. The minimum absolute atomic E-state index is 0.0712. The van der Waals surface area contributed by atoms with E-state index in [1.807, 2.05) is 0 Å². The van der Waals surface area contributed by atoms with E-state index in [2.05, 4.69) is 0 Å². The summed E-state index contributed by atoms with van der Waals surface area (Å²) in [6.07, 6.45) is 0.461. The topological polar surface area (TPSA) is 89.7 Å². The van der Waals surface area contributed by atoms with E-state index in [0.717, 1.165) is 0 Å². The van der Waals surface area contributed by atoms with Crippen LogP contribution in [0.3, 0.4) is 0 Å². The molecule has 0 aliphatic heterocycles. The molecule has 0 saturated heterocycles. The summed E-state index contributed by atoms with van der Waals surface area (Å²) in [5.74, 6) is -1.26. The Kier molecular flexibility index (Phi) is 2.71. The summed E-state index contributed by atoms with van der Waals surface area (Å²) < 4.78 is 4.91. The molecule has 0 spiro atoms. The van der Waals surface area contributed by atoms with Gasteiger partial charge in [-0.05, 0) is 18.6 Å². The highest BCUT2D eigenvalue weighted by atomic mass is 16.6. The number of carbonyl (C=O) groups is 1. The minimum Gasteiger partial charge on any atom is -0.497 e. The van der Waals surface area contributed by atoms with E-state index < -0.39 is 16.8 Å². The van der Waals surface area contributed by atoms with E-state index in [4.69, 9.17) is 9.84 Å². The average molecular weight is 237 g/mol. The van der Waals surface area contributed by atoms with Crippen molar-refractivity contribution >= 4 is 11.7 Å². The Hall–Kier alpha value is -2.11. The molecule has 0 amide bonds. The van der Waals surface area contributed by atoms with Crippen molar-refractivity contribution in [1.29, 1.82) is 0 Å². The number of carboxylic acid groups (broad SMARTS) is 1. The maximum atomic E-state index is 10.9. The van der Waals surface area contributed by atoms with Crippen LogP contribution in [-0.4, -0.2) is 23.1 Å². The lowest BCUT2D eigenvalue weighted by Crippen LogP contribution is -2.01. The molecule has 0 bridgehead atoms. The van der Waals surface area contributed by atoms with Crippen LogP contribution in [0.1, 0.15) is 17.9 Å². The van der Waals surface area contributed by atoms with Gasteiger partial charge in [0.25, 0.3) is 5.69 Å². The maximum absolute atomic E-state index is 10.9. The normalized spacial score (nSPS) is 21.9. The van der Waals surface area contributed by atoms with Gasteiger partial charge in [-0.3, -0.25) is 14.9 Å². The van der Waals surface area contributed by atoms with Gasteiger partial charge in [-0.2, -0.15) is 0 Å². The molecule has 90 valence electrons. The SMILES string of the molecule is COc1ccc([C@@H]2C[C@H]2C(=O)O)c([N+](=O)[O-])c1. The molecule has 0 unspecified atom stereocenters. The van der Waals surface area contributed by atoms with Crippen LogP contribution in [0, 0.1) is 16.0 Å². The summed E-state index contributed by atoms with van der Waals surface area (Å²) in [5.41, 5.74) is 0.404. The molecular weight excluding hydrogens is 226 g/mol. The molecule has 1 aliphatic carbocycles. The Morgan fingerprint density at radius 3 is 2.76 bits per heavy atom. The quantitative estimate of drug-likeness (QED) is 0.636. The largest absolute Gasteiger partial charge is 0.497 e. The molecule has 6 nitrogen and oxygen atoms in total. The summed E-state index contributed by atoms with van der Waals surface area (Å²) in [6.45, 7) is 0. The zero-order valence-corrected chi connectivity index (χ0v) is 9.12. The van der Waals surface area contributed by atoms with E-state index in [0.29, 0.717) is 17.7 Å². The Labute approximate surface area is 97.0 Å². The second kappa shape index (κ2) is 4.04. The molecule has 17 heavy (non-hydrogen) atoms. The lowest BCUT2D eigenvalue weighted by atomic mass is 10.1. The molecule has 1 fully saturated rings. The third-order valence-corrected chi connectivity index (χ3v) is 2.94. The summed E-state index contributed by atoms with van der Waals surface area (Å²) in [5, 5.41) is 19.7. The highest BCUT2D eigenvalue weighted by molar-refractivity contribution is 5.76. The van der Waals surface area contributed by atoms with E-state index in [-0.39, 0.29) is 11.6 Å². The fourth-order valence-corrected chi connectivity index (χ4v) is 1.93. The molecule has 6 heteroatoms. The van der Waals surface area contributed by atoms with Crippen molar-refractivity contribution < 1.29 is 19.6 Å². The van der Waals surface area contributed by atoms with Crippen LogP contribution in [-0.2, 0) is 4.79 Å². The summed E-state index contributed by atoms with van der Waals surface area (Å²) in [4.78, 5) is 21.2. The molecule has 2 atom stereocenters. The summed E-state index contributed by atoms with van der Waals surface area (Å²) in [6, 6.07) is 4.51. The van der Waals surface area contributed by atoms with Gasteiger partial charge in [0.1, 0.15) is 5.75 Å². The molecule has 1 N–H and O–H groups in total. The van der Waals surface area contributed by atoms with E-state index >= 15 is 0 Å². The standard InChI is InChI=1S/C11H11NO5/c1-17-6-2-3-7(10(4-6)12(15)16)8-5-9(8)11(13)14/h2-4,8-9H,5H2,1H3,(H,13,14)/t8-,9+/m0/s1. The minimum atomic E-state index is -0.903. The van der Waals surface area contributed by atoms with Crippen molar-refractivity contribution in [2.45, 2.75) is 12.3 Å². The Balaban J connectivity index is 2.35. The van der Waals surface area contributed by atoms with Crippen LogP contribution in [0.5, 0.6) is 5.75 Å². The molecular formula is C11H11NO5.